The number of amides is 1. The first-order valence-corrected chi connectivity index (χ1v) is 10.3. The lowest BCUT2D eigenvalue weighted by atomic mass is 10.0. The Hall–Kier alpha value is -1.80. The van der Waals surface area contributed by atoms with Crippen LogP contribution in [0.2, 0.25) is 0 Å². The third-order valence-electron chi connectivity index (χ3n) is 4.51. The van der Waals surface area contributed by atoms with Gasteiger partial charge < -0.3 is 14.4 Å². The van der Waals surface area contributed by atoms with E-state index in [4.69, 9.17) is 9.47 Å². The van der Waals surface area contributed by atoms with E-state index in [1.54, 1.807) is 23.1 Å². The van der Waals surface area contributed by atoms with Gasteiger partial charge in [-0.15, -0.1) is 0 Å². The van der Waals surface area contributed by atoms with Crippen LogP contribution in [-0.2, 0) is 10.0 Å². The van der Waals surface area contributed by atoms with Crippen LogP contribution in [0.3, 0.4) is 0 Å². The molecule has 0 atom stereocenters. The van der Waals surface area contributed by atoms with Crippen LogP contribution < -0.4 is 14.2 Å². The molecule has 1 saturated heterocycles. The minimum absolute atomic E-state index is 0.0643. The Morgan fingerprint density at radius 3 is 2.68 bits per heavy atom. The quantitative estimate of drug-likeness (QED) is 0.827. The van der Waals surface area contributed by atoms with Gasteiger partial charge in [0.15, 0.2) is 11.5 Å². The van der Waals surface area contributed by atoms with E-state index >= 15 is 0 Å². The van der Waals surface area contributed by atoms with Gasteiger partial charge in [-0.3, -0.25) is 4.79 Å². The van der Waals surface area contributed by atoms with Gasteiger partial charge in [0.2, 0.25) is 16.8 Å². The molecule has 0 aromatic heterocycles. The molecule has 0 radical (unpaired) electrons. The number of fused-ring (bicyclic) bond motifs is 1. The van der Waals surface area contributed by atoms with Crippen molar-refractivity contribution < 1.29 is 22.7 Å². The number of hydrogen-bond donors (Lipinski definition) is 1. The van der Waals surface area contributed by atoms with Crippen molar-refractivity contribution in [3.05, 3.63) is 23.8 Å². The molecular formula is C17H24N2O5S. The summed E-state index contributed by atoms with van der Waals surface area (Å²) in [5.41, 5.74) is 0.561. The Morgan fingerprint density at radius 1 is 1.24 bits per heavy atom. The van der Waals surface area contributed by atoms with Gasteiger partial charge in [-0.05, 0) is 37.5 Å². The van der Waals surface area contributed by atoms with Crippen molar-refractivity contribution in [2.75, 3.05) is 25.6 Å². The van der Waals surface area contributed by atoms with Gasteiger partial charge in [-0.1, -0.05) is 13.3 Å². The Bertz CT molecular complexity index is 727. The van der Waals surface area contributed by atoms with Crippen molar-refractivity contribution in [2.24, 2.45) is 0 Å². The first kappa shape index (κ1) is 18.0. The molecule has 0 unspecified atom stereocenters. The first-order valence-electron chi connectivity index (χ1n) is 8.67. The van der Waals surface area contributed by atoms with E-state index < -0.39 is 10.0 Å². The van der Waals surface area contributed by atoms with Crippen LogP contribution in [0.15, 0.2) is 18.2 Å². The zero-order valence-corrected chi connectivity index (χ0v) is 15.2. The second kappa shape index (κ2) is 7.61. The molecule has 8 heteroatoms. The topological polar surface area (TPSA) is 84.9 Å². The van der Waals surface area contributed by atoms with Crippen LogP contribution in [0.1, 0.15) is 43.0 Å². The molecule has 0 saturated carbocycles. The van der Waals surface area contributed by atoms with E-state index in [0.29, 0.717) is 49.4 Å². The largest absolute Gasteiger partial charge is 0.454 e. The minimum atomic E-state index is -3.22. The number of carbonyl (C=O) groups excluding carboxylic acids is 1. The highest BCUT2D eigenvalue weighted by molar-refractivity contribution is 7.89. The van der Waals surface area contributed by atoms with Crippen LogP contribution in [0.5, 0.6) is 11.5 Å². The van der Waals surface area contributed by atoms with Gasteiger partial charge >= 0.3 is 0 Å². The summed E-state index contributed by atoms with van der Waals surface area (Å²) in [4.78, 5) is 14.4. The second-order valence-corrected chi connectivity index (χ2v) is 8.30. The molecule has 1 aromatic carbocycles. The Balaban J connectivity index is 1.54. The predicted octanol–water partition coefficient (Wildman–Crippen LogP) is 1.74. The highest BCUT2D eigenvalue weighted by Gasteiger charge is 2.27. The lowest BCUT2D eigenvalue weighted by Crippen LogP contribution is -2.47. The van der Waals surface area contributed by atoms with Gasteiger partial charge in [0, 0.05) is 24.7 Å². The second-order valence-electron chi connectivity index (χ2n) is 6.42. The van der Waals surface area contributed by atoms with Crippen molar-refractivity contribution >= 4 is 15.9 Å². The monoisotopic (exact) mass is 368 g/mol. The number of ether oxygens (including phenoxy) is 2. The molecule has 2 heterocycles. The third-order valence-corrected chi connectivity index (χ3v) is 6.03. The van der Waals surface area contributed by atoms with E-state index in [1.807, 2.05) is 6.92 Å². The molecule has 1 aromatic rings. The smallest absolute Gasteiger partial charge is 0.253 e. The van der Waals surface area contributed by atoms with Crippen LogP contribution >= 0.6 is 0 Å². The number of piperidine rings is 1. The highest BCUT2D eigenvalue weighted by atomic mass is 32.2. The molecule has 0 bridgehead atoms. The molecule has 1 fully saturated rings. The summed E-state index contributed by atoms with van der Waals surface area (Å²) >= 11 is 0. The fourth-order valence-electron chi connectivity index (χ4n) is 3.06. The summed E-state index contributed by atoms with van der Waals surface area (Å²) in [5, 5.41) is 0. The summed E-state index contributed by atoms with van der Waals surface area (Å²) in [5.74, 6) is 1.34. The fraction of sp³-hybridized carbons (Fsp3) is 0.588. The van der Waals surface area contributed by atoms with Gasteiger partial charge in [0.1, 0.15) is 0 Å². The molecule has 1 amide bonds. The molecule has 138 valence electrons. The number of benzene rings is 1. The molecule has 0 spiro atoms. The molecular weight excluding hydrogens is 344 g/mol. The lowest BCUT2D eigenvalue weighted by Gasteiger charge is -2.32. The van der Waals surface area contributed by atoms with E-state index in [0.717, 1.165) is 6.42 Å². The number of carbonyl (C=O) groups is 1. The summed E-state index contributed by atoms with van der Waals surface area (Å²) in [6.45, 7) is 3.22. The Labute approximate surface area is 148 Å². The van der Waals surface area contributed by atoms with Gasteiger partial charge in [-0.25, -0.2) is 13.1 Å². The van der Waals surface area contributed by atoms with Crippen molar-refractivity contribution in [3.8, 4) is 11.5 Å². The van der Waals surface area contributed by atoms with Crippen LogP contribution in [0.25, 0.3) is 0 Å². The van der Waals surface area contributed by atoms with Gasteiger partial charge in [0.05, 0.1) is 5.75 Å². The normalized spacial score (nSPS) is 17.7. The average molecular weight is 368 g/mol. The molecule has 2 aliphatic rings. The summed E-state index contributed by atoms with van der Waals surface area (Å²) in [7, 11) is -3.22. The molecule has 7 nitrogen and oxygen atoms in total. The van der Waals surface area contributed by atoms with E-state index in [1.165, 1.54) is 0 Å². The molecule has 3 rings (SSSR count). The maximum absolute atomic E-state index is 12.6. The maximum atomic E-state index is 12.6. The Kier molecular flexibility index (Phi) is 5.48. The highest BCUT2D eigenvalue weighted by Crippen LogP contribution is 2.33. The summed E-state index contributed by atoms with van der Waals surface area (Å²) in [6.07, 6.45) is 2.77. The zero-order valence-electron chi connectivity index (χ0n) is 14.4. The van der Waals surface area contributed by atoms with E-state index in [-0.39, 0.29) is 24.5 Å². The fourth-order valence-corrected chi connectivity index (χ4v) is 4.59. The minimum Gasteiger partial charge on any atom is -0.454 e. The van der Waals surface area contributed by atoms with Gasteiger partial charge in [0.25, 0.3) is 5.91 Å². The van der Waals surface area contributed by atoms with E-state index in [2.05, 4.69) is 4.72 Å². The summed E-state index contributed by atoms with van der Waals surface area (Å²) < 4.78 is 37.3. The number of nitrogens with one attached hydrogen (secondary N) is 1. The van der Waals surface area contributed by atoms with Crippen molar-refractivity contribution in [1.29, 1.82) is 0 Å². The standard InChI is InChI=1S/C17H24N2O5S/c1-2-3-10-25(21,22)18-14-6-8-19(9-7-14)17(20)13-4-5-15-16(11-13)24-12-23-15/h4-5,11,14,18H,2-3,6-10,12H2,1H3. The number of hydrogen-bond acceptors (Lipinski definition) is 5. The van der Waals surface area contributed by atoms with Crippen LogP contribution in [0, 0.1) is 0 Å². The average Bonchev–Trinajstić information content (AvgIpc) is 3.07. The Morgan fingerprint density at radius 2 is 1.96 bits per heavy atom. The van der Waals surface area contributed by atoms with Crippen molar-refractivity contribution in [3.63, 3.8) is 0 Å². The summed E-state index contributed by atoms with van der Waals surface area (Å²) in [6, 6.07) is 5.08. The van der Waals surface area contributed by atoms with Crippen LogP contribution in [0.4, 0.5) is 0 Å². The van der Waals surface area contributed by atoms with Crippen molar-refractivity contribution in [1.82, 2.24) is 9.62 Å². The molecule has 25 heavy (non-hydrogen) atoms. The zero-order chi connectivity index (χ0) is 17.9. The molecule has 2 aliphatic heterocycles. The van der Waals surface area contributed by atoms with Crippen molar-refractivity contribution in [2.45, 2.75) is 38.6 Å². The SMILES string of the molecule is CCCCS(=O)(=O)NC1CCN(C(=O)c2ccc3c(c2)OCO3)CC1. The number of rotatable bonds is 6. The maximum Gasteiger partial charge on any atom is 0.253 e. The third kappa shape index (κ3) is 4.43. The predicted molar refractivity (Wildman–Crippen MR) is 93.3 cm³/mol. The van der Waals surface area contributed by atoms with Crippen LogP contribution in [-0.4, -0.2) is 50.9 Å². The number of unbranched alkanes of at least 4 members (excludes halogenated alkanes) is 1. The number of likely N-dealkylation sites (tertiary alicyclic amines) is 1. The molecule has 1 N–H and O–H groups in total. The lowest BCUT2D eigenvalue weighted by molar-refractivity contribution is 0.0711. The molecule has 0 aliphatic carbocycles. The first-order chi connectivity index (χ1) is 12.0. The number of sulfonamides is 1. The van der Waals surface area contributed by atoms with Gasteiger partial charge in [-0.2, -0.15) is 0 Å². The van der Waals surface area contributed by atoms with E-state index in [9.17, 15) is 13.2 Å². The number of nitrogens with zero attached hydrogens (tertiary/aromatic N) is 1.